The molecule has 1 rings (SSSR count). The van der Waals surface area contributed by atoms with Crippen LogP contribution in [0.2, 0.25) is 0 Å². The molecule has 0 saturated heterocycles. The van der Waals surface area contributed by atoms with Crippen LogP contribution < -0.4 is 0 Å². The van der Waals surface area contributed by atoms with Crippen LogP contribution in [0, 0.1) is 5.82 Å². The Labute approximate surface area is 95.4 Å². The van der Waals surface area contributed by atoms with Gasteiger partial charge in [-0.2, -0.15) is 0 Å². The van der Waals surface area contributed by atoms with Crippen molar-refractivity contribution in [2.75, 3.05) is 5.33 Å². The number of hydrogen-bond acceptors (Lipinski definition) is 1. The van der Waals surface area contributed by atoms with Gasteiger partial charge in [-0.1, -0.05) is 22.0 Å². The zero-order valence-corrected chi connectivity index (χ0v) is 9.74. The molecule has 0 fully saturated rings. The highest BCUT2D eigenvalue weighted by Gasteiger charge is 2.11. The van der Waals surface area contributed by atoms with Crippen LogP contribution in [0.3, 0.4) is 0 Å². The maximum atomic E-state index is 12.9. The minimum Gasteiger partial charge on any atom is -0.294 e. The molecule has 4 heteroatoms. The predicted molar refractivity (Wildman–Crippen MR) is 58.7 cm³/mol. The molecule has 0 bridgehead atoms. The summed E-state index contributed by atoms with van der Waals surface area (Å²) >= 11 is 8.81. The van der Waals surface area contributed by atoms with Gasteiger partial charge in [0, 0.05) is 23.2 Å². The molecule has 0 aliphatic rings. The van der Waals surface area contributed by atoms with Crippen molar-refractivity contribution in [1.82, 2.24) is 0 Å². The molecule has 0 amide bonds. The lowest BCUT2D eigenvalue weighted by Gasteiger charge is -2.04. The maximum absolute atomic E-state index is 12.9. The van der Waals surface area contributed by atoms with E-state index in [2.05, 4.69) is 15.9 Å². The second-order valence-corrected chi connectivity index (χ2v) is 3.86. The standard InChI is InChI=1S/C10H9BrClFO/c11-4-3-10(14)9-5-8(13)2-1-7(9)6-12/h1-2,5H,3-4,6H2. The number of alkyl halides is 2. The number of Topliss-reactive ketones (excluding diaryl/α,β-unsaturated/α-hetero) is 1. The van der Waals surface area contributed by atoms with E-state index in [4.69, 9.17) is 11.6 Å². The second-order valence-electron chi connectivity index (χ2n) is 2.80. The Morgan fingerprint density at radius 3 is 2.79 bits per heavy atom. The predicted octanol–water partition coefficient (Wildman–Crippen LogP) is 3.53. The van der Waals surface area contributed by atoms with Crippen molar-refractivity contribution >= 4 is 33.3 Å². The summed E-state index contributed by atoms with van der Waals surface area (Å²) in [5, 5.41) is 0.573. The third-order valence-electron chi connectivity index (χ3n) is 1.84. The summed E-state index contributed by atoms with van der Waals surface area (Å²) < 4.78 is 12.9. The molecule has 76 valence electrons. The van der Waals surface area contributed by atoms with Gasteiger partial charge in [0.15, 0.2) is 5.78 Å². The van der Waals surface area contributed by atoms with Crippen molar-refractivity contribution in [1.29, 1.82) is 0 Å². The van der Waals surface area contributed by atoms with Crippen LogP contribution in [0.4, 0.5) is 4.39 Å². The second kappa shape index (κ2) is 5.47. The Hall–Kier alpha value is -0.410. The summed E-state index contributed by atoms with van der Waals surface area (Å²) in [6.07, 6.45) is 0.355. The van der Waals surface area contributed by atoms with Crippen molar-refractivity contribution in [2.24, 2.45) is 0 Å². The van der Waals surface area contributed by atoms with E-state index in [1.165, 1.54) is 12.1 Å². The molecule has 0 spiro atoms. The number of halogens is 3. The van der Waals surface area contributed by atoms with E-state index in [9.17, 15) is 9.18 Å². The van der Waals surface area contributed by atoms with Gasteiger partial charge in [0.2, 0.25) is 0 Å². The summed E-state index contributed by atoms with van der Waals surface area (Å²) in [5.74, 6) is -0.266. The molecule has 0 atom stereocenters. The third-order valence-corrected chi connectivity index (χ3v) is 2.52. The molecular formula is C10H9BrClFO. The highest BCUT2D eigenvalue weighted by Crippen LogP contribution is 2.16. The Kier molecular flexibility index (Phi) is 4.55. The number of ketones is 1. The Morgan fingerprint density at radius 1 is 1.50 bits per heavy atom. The molecule has 0 aliphatic carbocycles. The highest BCUT2D eigenvalue weighted by molar-refractivity contribution is 9.09. The number of rotatable bonds is 4. The summed E-state index contributed by atoms with van der Waals surface area (Å²) in [6.45, 7) is 0. The quantitative estimate of drug-likeness (QED) is 0.609. The summed E-state index contributed by atoms with van der Waals surface area (Å²) in [4.78, 5) is 11.5. The molecule has 0 aliphatic heterocycles. The van der Waals surface area contributed by atoms with Crippen LogP contribution in [0.15, 0.2) is 18.2 Å². The molecule has 0 radical (unpaired) electrons. The first-order valence-corrected chi connectivity index (χ1v) is 5.78. The Bertz CT molecular complexity index is 341. The number of benzene rings is 1. The zero-order chi connectivity index (χ0) is 10.6. The summed E-state index contributed by atoms with van der Waals surface area (Å²) in [6, 6.07) is 4.09. The van der Waals surface area contributed by atoms with Gasteiger partial charge in [-0.15, -0.1) is 11.6 Å². The van der Waals surface area contributed by atoms with E-state index in [0.29, 0.717) is 22.9 Å². The molecule has 1 aromatic carbocycles. The lowest BCUT2D eigenvalue weighted by molar-refractivity contribution is 0.0988. The molecule has 0 aromatic heterocycles. The Morgan fingerprint density at radius 2 is 2.21 bits per heavy atom. The van der Waals surface area contributed by atoms with E-state index in [0.717, 1.165) is 0 Å². The summed E-state index contributed by atoms with van der Waals surface area (Å²) in [7, 11) is 0. The maximum Gasteiger partial charge on any atom is 0.164 e. The fourth-order valence-electron chi connectivity index (χ4n) is 1.15. The van der Waals surface area contributed by atoms with Gasteiger partial charge in [0.05, 0.1) is 0 Å². The molecule has 1 aromatic rings. The van der Waals surface area contributed by atoms with Gasteiger partial charge < -0.3 is 0 Å². The van der Waals surface area contributed by atoms with Crippen LogP contribution in [-0.4, -0.2) is 11.1 Å². The van der Waals surface area contributed by atoms with E-state index in [1.807, 2.05) is 0 Å². The minimum atomic E-state index is -0.406. The molecule has 0 heterocycles. The van der Waals surface area contributed by atoms with Gasteiger partial charge in [-0.3, -0.25) is 4.79 Å². The topological polar surface area (TPSA) is 17.1 Å². The first kappa shape index (κ1) is 11.7. The van der Waals surface area contributed by atoms with Crippen molar-refractivity contribution in [3.05, 3.63) is 35.1 Å². The molecule has 14 heavy (non-hydrogen) atoms. The molecule has 0 unspecified atom stereocenters. The zero-order valence-electron chi connectivity index (χ0n) is 7.40. The van der Waals surface area contributed by atoms with Crippen LogP contribution in [0.5, 0.6) is 0 Å². The third kappa shape index (κ3) is 2.79. The van der Waals surface area contributed by atoms with Crippen molar-refractivity contribution < 1.29 is 9.18 Å². The smallest absolute Gasteiger partial charge is 0.164 e. The fraction of sp³-hybridized carbons (Fsp3) is 0.300. The monoisotopic (exact) mass is 278 g/mol. The van der Waals surface area contributed by atoms with Gasteiger partial charge >= 0.3 is 0 Å². The van der Waals surface area contributed by atoms with E-state index in [-0.39, 0.29) is 11.7 Å². The average molecular weight is 280 g/mol. The van der Waals surface area contributed by atoms with Crippen LogP contribution in [0.1, 0.15) is 22.3 Å². The lowest BCUT2D eigenvalue weighted by atomic mass is 10.0. The molecular weight excluding hydrogens is 270 g/mol. The van der Waals surface area contributed by atoms with E-state index < -0.39 is 5.82 Å². The first-order valence-electron chi connectivity index (χ1n) is 4.12. The largest absolute Gasteiger partial charge is 0.294 e. The lowest BCUT2D eigenvalue weighted by Crippen LogP contribution is -2.04. The molecule has 1 nitrogen and oxygen atoms in total. The van der Waals surface area contributed by atoms with Crippen molar-refractivity contribution in [2.45, 2.75) is 12.3 Å². The minimum absolute atomic E-state index is 0.0861. The van der Waals surface area contributed by atoms with Crippen LogP contribution >= 0.6 is 27.5 Å². The molecule has 0 N–H and O–H groups in total. The van der Waals surface area contributed by atoms with Gasteiger partial charge in [0.1, 0.15) is 5.82 Å². The SMILES string of the molecule is O=C(CCBr)c1cc(F)ccc1CCl. The van der Waals surface area contributed by atoms with Crippen molar-refractivity contribution in [3.63, 3.8) is 0 Å². The van der Waals surface area contributed by atoms with Crippen LogP contribution in [-0.2, 0) is 5.88 Å². The molecule has 0 saturated carbocycles. The highest BCUT2D eigenvalue weighted by atomic mass is 79.9. The van der Waals surface area contributed by atoms with E-state index >= 15 is 0 Å². The number of hydrogen-bond donors (Lipinski definition) is 0. The van der Waals surface area contributed by atoms with Gasteiger partial charge in [0.25, 0.3) is 0 Å². The normalized spacial score (nSPS) is 10.2. The Balaban J connectivity index is 3.03. The average Bonchev–Trinajstić information content (AvgIpc) is 2.18. The fourth-order valence-corrected chi connectivity index (χ4v) is 1.74. The van der Waals surface area contributed by atoms with Gasteiger partial charge in [-0.05, 0) is 17.7 Å². The first-order chi connectivity index (χ1) is 6.69. The van der Waals surface area contributed by atoms with Crippen LogP contribution in [0.25, 0.3) is 0 Å². The van der Waals surface area contributed by atoms with Gasteiger partial charge in [-0.25, -0.2) is 4.39 Å². The number of carbonyl (C=O) groups is 1. The van der Waals surface area contributed by atoms with Crippen molar-refractivity contribution in [3.8, 4) is 0 Å². The summed E-state index contributed by atoms with van der Waals surface area (Å²) in [5.41, 5.74) is 1.07. The number of carbonyl (C=O) groups excluding carboxylic acids is 1. The van der Waals surface area contributed by atoms with E-state index in [1.54, 1.807) is 6.07 Å².